The lowest BCUT2D eigenvalue weighted by molar-refractivity contribution is -0.161. The number of unbranched alkanes of at least 4 members (excludes halogenated alkanes) is 20. The largest absolute Gasteiger partial charge is 0.469 e. The van der Waals surface area contributed by atoms with Crippen molar-refractivity contribution in [3.63, 3.8) is 0 Å². The van der Waals surface area contributed by atoms with E-state index in [-0.39, 0.29) is 19.4 Å². The predicted octanol–water partition coefficient (Wildman–Crippen LogP) is 12.7. The number of rotatable bonds is 38. The lowest BCUT2D eigenvalue weighted by Crippen LogP contribution is -2.29. The van der Waals surface area contributed by atoms with Crippen molar-refractivity contribution in [1.29, 1.82) is 0 Å². The molecule has 0 saturated carbocycles. The van der Waals surface area contributed by atoms with E-state index >= 15 is 0 Å². The molecule has 0 saturated heterocycles. The van der Waals surface area contributed by atoms with Gasteiger partial charge in [-0.05, 0) is 77.0 Å². The number of phosphoric ester groups is 1. The van der Waals surface area contributed by atoms with Crippen molar-refractivity contribution in [3.8, 4) is 0 Å². The Labute approximate surface area is 318 Å². The zero-order chi connectivity index (χ0) is 38.2. The summed E-state index contributed by atoms with van der Waals surface area (Å²) >= 11 is 0. The molecule has 0 bridgehead atoms. The molecule has 0 amide bonds. The molecule has 52 heavy (non-hydrogen) atoms. The standard InChI is InChI=1S/C43H77O8P/c1-3-5-7-9-11-13-15-17-19-20-21-22-24-25-27-29-31-33-35-37-42(44)49-39-41(40-50-52(46,47)48)51-43(45)38-36-34-32-30-28-26-23-18-16-14-12-10-8-6-4-2/h12,14,17-19,23,28,30,41H,3-11,13,15-16,20-22,24-27,29,31-40H2,1-2H3,(H2,46,47,48)/b14-12+,19-17+,23-18+,30-28+/t41-/m1/s1. The molecule has 0 aliphatic rings. The van der Waals surface area contributed by atoms with Crippen molar-refractivity contribution in [3.05, 3.63) is 48.6 Å². The van der Waals surface area contributed by atoms with Gasteiger partial charge in [0.25, 0.3) is 0 Å². The van der Waals surface area contributed by atoms with Gasteiger partial charge in [0.1, 0.15) is 6.61 Å². The first-order valence-corrected chi connectivity index (χ1v) is 22.5. The molecule has 0 radical (unpaired) electrons. The topological polar surface area (TPSA) is 119 Å². The molecule has 0 aliphatic carbocycles. The van der Waals surface area contributed by atoms with E-state index < -0.39 is 32.5 Å². The summed E-state index contributed by atoms with van der Waals surface area (Å²) in [6, 6.07) is 0. The summed E-state index contributed by atoms with van der Waals surface area (Å²) in [5.74, 6) is -0.931. The summed E-state index contributed by atoms with van der Waals surface area (Å²) in [5.41, 5.74) is 0. The van der Waals surface area contributed by atoms with Crippen LogP contribution in [-0.4, -0.2) is 41.0 Å². The second-order valence-electron chi connectivity index (χ2n) is 14.0. The highest BCUT2D eigenvalue weighted by Gasteiger charge is 2.22. The summed E-state index contributed by atoms with van der Waals surface area (Å²) in [7, 11) is -4.76. The van der Waals surface area contributed by atoms with Crippen LogP contribution in [0.1, 0.15) is 194 Å². The van der Waals surface area contributed by atoms with Crippen LogP contribution in [0.25, 0.3) is 0 Å². The molecule has 0 aliphatic heterocycles. The van der Waals surface area contributed by atoms with Crippen LogP contribution in [0.2, 0.25) is 0 Å². The van der Waals surface area contributed by atoms with Crippen LogP contribution >= 0.6 is 7.82 Å². The SMILES string of the molecule is CCCCC/C=C/C/C=C/C/C=C/CCCCC(=O)O[C@H](COC(=O)CCCCCCCCCCC/C=C/CCCCCCCC)COP(=O)(O)O. The van der Waals surface area contributed by atoms with Crippen molar-refractivity contribution in [1.82, 2.24) is 0 Å². The molecule has 302 valence electrons. The van der Waals surface area contributed by atoms with Crippen LogP contribution in [0.5, 0.6) is 0 Å². The maximum atomic E-state index is 12.4. The van der Waals surface area contributed by atoms with E-state index in [2.05, 4.69) is 67.0 Å². The highest BCUT2D eigenvalue weighted by Crippen LogP contribution is 2.36. The Morgan fingerprint density at radius 1 is 0.500 bits per heavy atom. The molecule has 8 nitrogen and oxygen atoms in total. The van der Waals surface area contributed by atoms with E-state index in [1.807, 2.05) is 0 Å². The molecule has 0 unspecified atom stereocenters. The van der Waals surface area contributed by atoms with Crippen LogP contribution in [0.15, 0.2) is 48.6 Å². The van der Waals surface area contributed by atoms with Gasteiger partial charge in [0.2, 0.25) is 0 Å². The summed E-state index contributed by atoms with van der Waals surface area (Å²) in [4.78, 5) is 42.8. The van der Waals surface area contributed by atoms with Crippen LogP contribution in [0.3, 0.4) is 0 Å². The second-order valence-corrected chi connectivity index (χ2v) is 15.2. The van der Waals surface area contributed by atoms with Gasteiger partial charge in [0.15, 0.2) is 6.10 Å². The molecule has 0 heterocycles. The van der Waals surface area contributed by atoms with Crippen LogP contribution in [0.4, 0.5) is 0 Å². The smallest absolute Gasteiger partial charge is 0.462 e. The van der Waals surface area contributed by atoms with Gasteiger partial charge in [0.05, 0.1) is 6.61 Å². The van der Waals surface area contributed by atoms with Crippen molar-refractivity contribution in [2.75, 3.05) is 13.2 Å². The number of phosphoric acid groups is 1. The molecule has 0 spiro atoms. The molecule has 0 rings (SSSR count). The number of allylic oxidation sites excluding steroid dienone is 8. The molecular weight excluding hydrogens is 675 g/mol. The Bertz CT molecular complexity index is 984. The summed E-state index contributed by atoms with van der Waals surface area (Å²) < 4.78 is 26.3. The number of carbonyl (C=O) groups excluding carboxylic acids is 2. The number of ether oxygens (including phenoxy) is 2. The van der Waals surface area contributed by atoms with E-state index in [1.165, 1.54) is 103 Å². The first-order valence-electron chi connectivity index (χ1n) is 20.9. The fraction of sp³-hybridized carbons (Fsp3) is 0.767. The Hall–Kier alpha value is -1.99. The zero-order valence-electron chi connectivity index (χ0n) is 33.2. The Morgan fingerprint density at radius 3 is 1.38 bits per heavy atom. The van der Waals surface area contributed by atoms with E-state index in [1.54, 1.807) is 0 Å². The quantitative estimate of drug-likeness (QED) is 0.0277. The maximum Gasteiger partial charge on any atom is 0.469 e. The number of esters is 2. The molecular formula is C43H77O8P. The fourth-order valence-electron chi connectivity index (χ4n) is 5.67. The molecule has 1 atom stereocenters. The lowest BCUT2D eigenvalue weighted by atomic mass is 10.1. The van der Waals surface area contributed by atoms with Gasteiger partial charge < -0.3 is 19.3 Å². The number of hydrogen-bond donors (Lipinski definition) is 2. The minimum atomic E-state index is -4.76. The second kappa shape index (κ2) is 38.7. The van der Waals surface area contributed by atoms with Gasteiger partial charge in [-0.1, -0.05) is 152 Å². The van der Waals surface area contributed by atoms with Gasteiger partial charge >= 0.3 is 19.8 Å². The lowest BCUT2D eigenvalue weighted by Gasteiger charge is -2.18. The molecule has 0 aromatic rings. The van der Waals surface area contributed by atoms with Crippen molar-refractivity contribution in [2.45, 2.75) is 200 Å². The molecule has 0 aromatic heterocycles. The Kier molecular flexibility index (Phi) is 37.2. The average molecular weight is 753 g/mol. The normalized spacial score (nSPS) is 12.9. The third-order valence-corrected chi connectivity index (χ3v) is 9.31. The molecule has 0 aromatic carbocycles. The van der Waals surface area contributed by atoms with Gasteiger partial charge in [-0.15, -0.1) is 0 Å². The van der Waals surface area contributed by atoms with Crippen LogP contribution in [-0.2, 0) is 28.2 Å². The highest BCUT2D eigenvalue weighted by atomic mass is 31.2. The summed E-state index contributed by atoms with van der Waals surface area (Å²) in [5, 5.41) is 0. The van der Waals surface area contributed by atoms with Crippen molar-refractivity contribution < 1.29 is 37.9 Å². The van der Waals surface area contributed by atoms with E-state index in [4.69, 9.17) is 19.3 Å². The molecule has 9 heteroatoms. The van der Waals surface area contributed by atoms with E-state index in [9.17, 15) is 14.2 Å². The van der Waals surface area contributed by atoms with Gasteiger partial charge in [0, 0.05) is 12.8 Å². The van der Waals surface area contributed by atoms with Gasteiger partial charge in [-0.2, -0.15) is 0 Å². The van der Waals surface area contributed by atoms with Gasteiger partial charge in [-0.25, -0.2) is 4.57 Å². The zero-order valence-corrected chi connectivity index (χ0v) is 34.1. The van der Waals surface area contributed by atoms with Crippen LogP contribution in [0, 0.1) is 0 Å². The van der Waals surface area contributed by atoms with Crippen molar-refractivity contribution in [2.24, 2.45) is 0 Å². The fourth-order valence-corrected chi connectivity index (χ4v) is 6.03. The molecule has 0 fully saturated rings. The van der Waals surface area contributed by atoms with Gasteiger partial charge in [-0.3, -0.25) is 14.1 Å². The Morgan fingerprint density at radius 2 is 0.865 bits per heavy atom. The minimum Gasteiger partial charge on any atom is -0.462 e. The van der Waals surface area contributed by atoms with Crippen molar-refractivity contribution >= 4 is 19.8 Å². The number of hydrogen-bond acceptors (Lipinski definition) is 6. The predicted molar refractivity (Wildman–Crippen MR) is 216 cm³/mol. The monoisotopic (exact) mass is 753 g/mol. The molecule has 2 N–H and O–H groups in total. The highest BCUT2D eigenvalue weighted by molar-refractivity contribution is 7.46. The maximum absolute atomic E-state index is 12.4. The first-order chi connectivity index (χ1) is 25.3. The minimum absolute atomic E-state index is 0.162. The third-order valence-electron chi connectivity index (χ3n) is 8.82. The van der Waals surface area contributed by atoms with E-state index in [0.717, 1.165) is 51.4 Å². The Balaban J connectivity index is 3.96. The summed E-state index contributed by atoms with van der Waals surface area (Å²) in [6.07, 6.45) is 46.9. The van der Waals surface area contributed by atoms with Crippen LogP contribution < -0.4 is 0 Å². The first kappa shape index (κ1) is 50.0. The number of carbonyl (C=O) groups is 2. The average Bonchev–Trinajstić information content (AvgIpc) is 3.11. The van der Waals surface area contributed by atoms with E-state index in [0.29, 0.717) is 12.8 Å². The summed E-state index contributed by atoms with van der Waals surface area (Å²) in [6.45, 7) is 3.62. The third kappa shape index (κ3) is 40.8.